The van der Waals surface area contributed by atoms with Gasteiger partial charge in [0.05, 0.1) is 5.69 Å². The maximum absolute atomic E-state index is 13.5. The van der Waals surface area contributed by atoms with Gasteiger partial charge in [0.2, 0.25) is 0 Å². The Morgan fingerprint density at radius 3 is 2.63 bits per heavy atom. The van der Waals surface area contributed by atoms with Crippen molar-refractivity contribution in [1.29, 1.82) is 0 Å². The fourth-order valence-corrected chi connectivity index (χ4v) is 4.22. The fourth-order valence-electron chi connectivity index (χ4n) is 1.64. The van der Waals surface area contributed by atoms with Gasteiger partial charge in [0.1, 0.15) is 10.7 Å². The summed E-state index contributed by atoms with van der Waals surface area (Å²) in [5.74, 6) is -0.613. The van der Waals surface area contributed by atoms with Gasteiger partial charge < -0.3 is 5.73 Å². The monoisotopic (exact) mass is 300 g/mol. The predicted molar refractivity (Wildman–Crippen MR) is 74.2 cm³/mol. The molecule has 4 nitrogen and oxygen atoms in total. The highest BCUT2D eigenvalue weighted by Gasteiger charge is 2.20. The highest BCUT2D eigenvalue weighted by molar-refractivity contribution is 7.93. The van der Waals surface area contributed by atoms with Gasteiger partial charge in [-0.25, -0.2) is 12.8 Å². The quantitative estimate of drug-likeness (QED) is 0.911. The summed E-state index contributed by atoms with van der Waals surface area (Å²) in [5, 5.41) is 0. The Morgan fingerprint density at radius 2 is 2.05 bits per heavy atom. The number of anilines is 1. The summed E-state index contributed by atoms with van der Waals surface area (Å²) in [4.78, 5) is 1.54. The van der Waals surface area contributed by atoms with Crippen molar-refractivity contribution >= 4 is 27.0 Å². The van der Waals surface area contributed by atoms with Crippen molar-refractivity contribution in [2.45, 2.75) is 18.4 Å². The van der Waals surface area contributed by atoms with Gasteiger partial charge >= 0.3 is 0 Å². The lowest BCUT2D eigenvalue weighted by atomic mass is 10.3. The summed E-state index contributed by atoms with van der Waals surface area (Å²) < 4.78 is 40.1. The van der Waals surface area contributed by atoms with E-state index >= 15 is 0 Å². The van der Waals surface area contributed by atoms with Gasteiger partial charge in [0, 0.05) is 16.3 Å². The first kappa shape index (κ1) is 14.0. The molecule has 0 aliphatic carbocycles. The highest BCUT2D eigenvalue weighted by Crippen LogP contribution is 2.27. The topological polar surface area (TPSA) is 72.2 Å². The average molecular weight is 300 g/mol. The third-order valence-electron chi connectivity index (χ3n) is 2.53. The molecule has 1 aromatic heterocycles. The second-order valence-electron chi connectivity index (χ2n) is 3.92. The number of para-hydroxylation sites is 1. The van der Waals surface area contributed by atoms with Crippen molar-refractivity contribution in [2.24, 2.45) is 5.73 Å². The second kappa shape index (κ2) is 5.28. The van der Waals surface area contributed by atoms with E-state index in [9.17, 15) is 12.8 Å². The molecule has 19 heavy (non-hydrogen) atoms. The molecule has 0 bridgehead atoms. The molecule has 1 aromatic carbocycles. The highest BCUT2D eigenvalue weighted by atomic mass is 32.2. The number of halogens is 1. The zero-order valence-corrected chi connectivity index (χ0v) is 11.8. The summed E-state index contributed by atoms with van der Waals surface area (Å²) in [6, 6.07) is 7.15. The van der Waals surface area contributed by atoms with Crippen LogP contribution in [-0.2, 0) is 16.6 Å². The molecule has 2 rings (SSSR count). The standard InChI is InChI=1S/C12H13FN2O2S2/c1-8-12(6-9(7-14)18-8)19(16,17)15-11-5-3-2-4-10(11)13/h2-6,15H,7,14H2,1H3. The number of aryl methyl sites for hydroxylation is 1. The van der Waals surface area contributed by atoms with Crippen LogP contribution in [0.15, 0.2) is 35.2 Å². The molecule has 0 atom stereocenters. The molecule has 2 aromatic rings. The van der Waals surface area contributed by atoms with Crippen LogP contribution >= 0.6 is 11.3 Å². The van der Waals surface area contributed by atoms with Gasteiger partial charge in [-0.2, -0.15) is 0 Å². The van der Waals surface area contributed by atoms with Crippen LogP contribution in [0.3, 0.4) is 0 Å². The van der Waals surface area contributed by atoms with Crippen LogP contribution in [0.5, 0.6) is 0 Å². The molecule has 0 unspecified atom stereocenters. The van der Waals surface area contributed by atoms with Gasteiger partial charge in [-0.1, -0.05) is 12.1 Å². The van der Waals surface area contributed by atoms with E-state index in [4.69, 9.17) is 5.73 Å². The van der Waals surface area contributed by atoms with Crippen LogP contribution in [0.2, 0.25) is 0 Å². The lowest BCUT2D eigenvalue weighted by molar-refractivity contribution is 0.598. The summed E-state index contributed by atoms with van der Waals surface area (Å²) in [5.41, 5.74) is 5.42. The van der Waals surface area contributed by atoms with Crippen LogP contribution in [0.1, 0.15) is 9.75 Å². The van der Waals surface area contributed by atoms with Gasteiger partial charge in [-0.3, -0.25) is 4.72 Å². The van der Waals surface area contributed by atoms with E-state index in [-0.39, 0.29) is 17.1 Å². The van der Waals surface area contributed by atoms with Gasteiger partial charge in [-0.15, -0.1) is 11.3 Å². The number of nitrogens with two attached hydrogens (primary N) is 1. The molecular formula is C12H13FN2O2S2. The minimum absolute atomic E-state index is 0.0672. The van der Waals surface area contributed by atoms with Crippen LogP contribution in [0.4, 0.5) is 10.1 Å². The molecular weight excluding hydrogens is 287 g/mol. The van der Waals surface area contributed by atoms with Crippen molar-refractivity contribution < 1.29 is 12.8 Å². The van der Waals surface area contributed by atoms with Crippen LogP contribution in [0, 0.1) is 12.7 Å². The van der Waals surface area contributed by atoms with Crippen molar-refractivity contribution in [3.8, 4) is 0 Å². The fraction of sp³-hybridized carbons (Fsp3) is 0.167. The van der Waals surface area contributed by atoms with Crippen molar-refractivity contribution in [3.63, 3.8) is 0 Å². The molecule has 0 radical (unpaired) electrons. The van der Waals surface area contributed by atoms with Crippen LogP contribution in [0.25, 0.3) is 0 Å². The van der Waals surface area contributed by atoms with E-state index in [0.29, 0.717) is 4.88 Å². The summed E-state index contributed by atoms with van der Waals surface area (Å²) >= 11 is 1.32. The first-order valence-corrected chi connectivity index (χ1v) is 7.80. The second-order valence-corrected chi connectivity index (χ2v) is 6.91. The Bertz CT molecular complexity index is 696. The smallest absolute Gasteiger partial charge is 0.263 e. The Hall–Kier alpha value is -1.44. The molecule has 0 aliphatic rings. The van der Waals surface area contributed by atoms with E-state index in [1.165, 1.54) is 35.6 Å². The number of nitrogens with one attached hydrogen (secondary N) is 1. The lowest BCUT2D eigenvalue weighted by Crippen LogP contribution is -2.14. The maximum Gasteiger partial charge on any atom is 0.263 e. The number of hydrogen-bond acceptors (Lipinski definition) is 4. The lowest BCUT2D eigenvalue weighted by Gasteiger charge is -2.08. The molecule has 0 fully saturated rings. The molecule has 3 N–H and O–H groups in total. The summed E-state index contributed by atoms with van der Waals surface area (Å²) in [6.45, 7) is 1.97. The average Bonchev–Trinajstić information content (AvgIpc) is 2.74. The number of benzene rings is 1. The van der Waals surface area contributed by atoms with Gasteiger partial charge in [0.15, 0.2) is 0 Å². The minimum atomic E-state index is -3.79. The zero-order chi connectivity index (χ0) is 14.0. The zero-order valence-electron chi connectivity index (χ0n) is 10.2. The molecule has 7 heteroatoms. The third-order valence-corrected chi connectivity index (χ3v) is 5.23. The number of thiophene rings is 1. The number of rotatable bonds is 4. The Balaban J connectivity index is 2.38. The van der Waals surface area contributed by atoms with E-state index < -0.39 is 15.8 Å². The number of sulfonamides is 1. The Kier molecular flexibility index (Phi) is 3.88. The Labute approximate surface area is 115 Å². The molecule has 0 aliphatic heterocycles. The van der Waals surface area contributed by atoms with E-state index in [1.807, 2.05) is 0 Å². The summed E-state index contributed by atoms with van der Waals surface area (Å²) in [7, 11) is -3.79. The molecule has 0 saturated carbocycles. The van der Waals surface area contributed by atoms with Gasteiger partial charge in [-0.05, 0) is 25.1 Å². The van der Waals surface area contributed by atoms with Gasteiger partial charge in [0.25, 0.3) is 10.0 Å². The minimum Gasteiger partial charge on any atom is -0.326 e. The SMILES string of the molecule is Cc1sc(CN)cc1S(=O)(=O)Nc1ccccc1F. The molecule has 0 saturated heterocycles. The molecule has 0 amide bonds. The van der Waals surface area contributed by atoms with E-state index in [2.05, 4.69) is 4.72 Å². The first-order chi connectivity index (χ1) is 8.94. The summed E-state index contributed by atoms with van der Waals surface area (Å²) in [6.07, 6.45) is 0. The van der Waals surface area contributed by atoms with Crippen molar-refractivity contribution in [2.75, 3.05) is 4.72 Å². The molecule has 102 valence electrons. The first-order valence-electron chi connectivity index (χ1n) is 5.51. The Morgan fingerprint density at radius 1 is 1.37 bits per heavy atom. The maximum atomic E-state index is 13.5. The van der Waals surface area contributed by atoms with E-state index in [1.54, 1.807) is 13.0 Å². The van der Waals surface area contributed by atoms with Crippen molar-refractivity contribution in [3.05, 3.63) is 45.9 Å². The van der Waals surface area contributed by atoms with Crippen LogP contribution < -0.4 is 10.5 Å². The molecule has 0 spiro atoms. The predicted octanol–water partition coefficient (Wildman–Crippen LogP) is 2.46. The largest absolute Gasteiger partial charge is 0.326 e. The molecule has 1 heterocycles. The normalized spacial score (nSPS) is 11.5. The van der Waals surface area contributed by atoms with Crippen molar-refractivity contribution in [1.82, 2.24) is 0 Å². The van der Waals surface area contributed by atoms with E-state index in [0.717, 1.165) is 4.88 Å². The third kappa shape index (κ3) is 2.94. The van der Waals surface area contributed by atoms with Crippen LogP contribution in [-0.4, -0.2) is 8.42 Å². The number of hydrogen-bond donors (Lipinski definition) is 2.